The van der Waals surface area contributed by atoms with E-state index >= 15 is 0 Å². The molecule has 0 spiro atoms. The number of carbonyl (C=O) groups is 1. The van der Waals surface area contributed by atoms with E-state index in [1.165, 1.54) is 6.42 Å². The monoisotopic (exact) mass is 255 g/mol. The molecule has 18 heavy (non-hydrogen) atoms. The van der Waals surface area contributed by atoms with Gasteiger partial charge in [-0.15, -0.1) is 0 Å². The summed E-state index contributed by atoms with van der Waals surface area (Å²) in [6.07, 6.45) is 3.26. The third kappa shape index (κ3) is 4.25. The third-order valence-corrected chi connectivity index (χ3v) is 3.92. The SMILES string of the molecule is CCN(CC)CC(C)NC(=O)C1(C)CCCCN1. The highest BCUT2D eigenvalue weighted by atomic mass is 16.2. The maximum Gasteiger partial charge on any atom is 0.240 e. The predicted octanol–water partition coefficient (Wildman–Crippen LogP) is 1.37. The van der Waals surface area contributed by atoms with Gasteiger partial charge in [0.05, 0.1) is 5.54 Å². The summed E-state index contributed by atoms with van der Waals surface area (Å²) in [6.45, 7) is 12.4. The first kappa shape index (κ1) is 15.4. The number of hydrogen-bond donors (Lipinski definition) is 2. The molecule has 0 aromatic rings. The minimum atomic E-state index is -0.365. The molecule has 1 aliphatic rings. The Morgan fingerprint density at radius 3 is 2.56 bits per heavy atom. The lowest BCUT2D eigenvalue weighted by molar-refractivity contribution is -0.128. The molecule has 1 rings (SSSR count). The standard InChI is InChI=1S/C14H29N3O/c1-5-17(6-2)11-12(3)16-13(18)14(4)9-7-8-10-15-14/h12,15H,5-11H2,1-4H3,(H,16,18). The highest BCUT2D eigenvalue weighted by molar-refractivity contribution is 5.86. The molecular formula is C14H29N3O. The van der Waals surface area contributed by atoms with Gasteiger partial charge in [-0.05, 0) is 52.7 Å². The van der Waals surface area contributed by atoms with Crippen LogP contribution in [-0.2, 0) is 4.79 Å². The molecule has 2 atom stereocenters. The number of rotatable bonds is 6. The van der Waals surface area contributed by atoms with Crippen LogP contribution in [0.2, 0.25) is 0 Å². The summed E-state index contributed by atoms with van der Waals surface area (Å²) >= 11 is 0. The van der Waals surface area contributed by atoms with Crippen LogP contribution in [0.25, 0.3) is 0 Å². The van der Waals surface area contributed by atoms with Crippen LogP contribution in [0.1, 0.15) is 47.0 Å². The molecule has 4 heteroatoms. The second-order valence-electron chi connectivity index (χ2n) is 5.58. The van der Waals surface area contributed by atoms with Gasteiger partial charge < -0.3 is 15.5 Å². The number of carbonyl (C=O) groups excluding carboxylic acids is 1. The summed E-state index contributed by atoms with van der Waals surface area (Å²) in [5.41, 5.74) is -0.365. The van der Waals surface area contributed by atoms with Crippen LogP contribution in [0.4, 0.5) is 0 Å². The van der Waals surface area contributed by atoms with E-state index in [4.69, 9.17) is 0 Å². The Hall–Kier alpha value is -0.610. The average molecular weight is 255 g/mol. The highest BCUT2D eigenvalue weighted by Gasteiger charge is 2.34. The van der Waals surface area contributed by atoms with E-state index in [0.717, 1.165) is 39.0 Å². The van der Waals surface area contributed by atoms with Gasteiger partial charge in [0.2, 0.25) is 5.91 Å². The smallest absolute Gasteiger partial charge is 0.240 e. The van der Waals surface area contributed by atoms with Crippen LogP contribution < -0.4 is 10.6 Å². The molecule has 0 aromatic carbocycles. The van der Waals surface area contributed by atoms with Crippen LogP contribution in [0.3, 0.4) is 0 Å². The van der Waals surface area contributed by atoms with Crippen molar-refractivity contribution in [1.29, 1.82) is 0 Å². The molecule has 1 saturated heterocycles. The van der Waals surface area contributed by atoms with Gasteiger partial charge in [0, 0.05) is 12.6 Å². The van der Waals surface area contributed by atoms with Crippen molar-refractivity contribution in [1.82, 2.24) is 15.5 Å². The van der Waals surface area contributed by atoms with Crippen LogP contribution in [0.15, 0.2) is 0 Å². The van der Waals surface area contributed by atoms with Crippen LogP contribution in [-0.4, -0.2) is 48.6 Å². The Kier molecular flexibility index (Phi) is 6.09. The number of amides is 1. The quantitative estimate of drug-likeness (QED) is 0.753. The Labute approximate surface area is 111 Å². The van der Waals surface area contributed by atoms with Crippen molar-refractivity contribution in [3.8, 4) is 0 Å². The molecule has 0 saturated carbocycles. The van der Waals surface area contributed by atoms with Gasteiger partial charge in [0.1, 0.15) is 0 Å². The van der Waals surface area contributed by atoms with Crippen molar-refractivity contribution in [2.45, 2.75) is 58.5 Å². The van der Waals surface area contributed by atoms with Crippen molar-refractivity contribution < 1.29 is 4.79 Å². The van der Waals surface area contributed by atoms with Crippen molar-refractivity contribution in [3.05, 3.63) is 0 Å². The molecule has 0 bridgehead atoms. The molecule has 0 aromatic heterocycles. The van der Waals surface area contributed by atoms with E-state index in [9.17, 15) is 4.79 Å². The van der Waals surface area contributed by atoms with E-state index in [2.05, 4.69) is 36.3 Å². The second kappa shape index (κ2) is 7.10. The highest BCUT2D eigenvalue weighted by Crippen LogP contribution is 2.18. The summed E-state index contributed by atoms with van der Waals surface area (Å²) in [5, 5.41) is 6.50. The molecule has 4 nitrogen and oxygen atoms in total. The fraction of sp³-hybridized carbons (Fsp3) is 0.929. The minimum absolute atomic E-state index is 0.154. The zero-order chi connectivity index (χ0) is 13.6. The largest absolute Gasteiger partial charge is 0.351 e. The summed E-state index contributed by atoms with van der Waals surface area (Å²) in [6, 6.07) is 0.206. The molecule has 0 aliphatic carbocycles. The van der Waals surface area contributed by atoms with Gasteiger partial charge in [-0.3, -0.25) is 4.79 Å². The van der Waals surface area contributed by atoms with Gasteiger partial charge in [0.25, 0.3) is 0 Å². The van der Waals surface area contributed by atoms with Gasteiger partial charge in [-0.25, -0.2) is 0 Å². The van der Waals surface area contributed by atoms with E-state index in [-0.39, 0.29) is 17.5 Å². The second-order valence-corrected chi connectivity index (χ2v) is 5.58. The molecule has 2 unspecified atom stereocenters. The molecular weight excluding hydrogens is 226 g/mol. The van der Waals surface area contributed by atoms with E-state index in [0.29, 0.717) is 0 Å². The van der Waals surface area contributed by atoms with Gasteiger partial charge in [0.15, 0.2) is 0 Å². The van der Waals surface area contributed by atoms with Crippen molar-refractivity contribution in [2.75, 3.05) is 26.2 Å². The number of piperidine rings is 1. The Morgan fingerprint density at radius 1 is 1.39 bits per heavy atom. The van der Waals surface area contributed by atoms with Gasteiger partial charge >= 0.3 is 0 Å². The Bertz CT molecular complexity index is 258. The van der Waals surface area contributed by atoms with Gasteiger partial charge in [-0.1, -0.05) is 13.8 Å². The first-order valence-electron chi connectivity index (χ1n) is 7.30. The lowest BCUT2D eigenvalue weighted by atomic mass is 9.90. The first-order valence-corrected chi connectivity index (χ1v) is 7.30. The lowest BCUT2D eigenvalue weighted by Crippen LogP contribution is -2.59. The average Bonchev–Trinajstić information content (AvgIpc) is 2.36. The zero-order valence-corrected chi connectivity index (χ0v) is 12.4. The fourth-order valence-electron chi connectivity index (χ4n) is 2.55. The summed E-state index contributed by atoms with van der Waals surface area (Å²) < 4.78 is 0. The Balaban J connectivity index is 2.43. The van der Waals surface area contributed by atoms with Gasteiger partial charge in [-0.2, -0.15) is 0 Å². The maximum atomic E-state index is 12.3. The van der Waals surface area contributed by atoms with Crippen LogP contribution in [0, 0.1) is 0 Å². The number of nitrogens with one attached hydrogen (secondary N) is 2. The summed E-state index contributed by atoms with van der Waals surface area (Å²) in [4.78, 5) is 14.6. The maximum absolute atomic E-state index is 12.3. The topological polar surface area (TPSA) is 44.4 Å². The first-order chi connectivity index (χ1) is 8.51. The third-order valence-electron chi connectivity index (χ3n) is 3.92. The molecule has 1 amide bonds. The van der Waals surface area contributed by atoms with Crippen molar-refractivity contribution in [3.63, 3.8) is 0 Å². The predicted molar refractivity (Wildman–Crippen MR) is 75.7 cm³/mol. The summed E-state index contributed by atoms with van der Waals surface area (Å²) in [5.74, 6) is 0.154. The normalized spacial score (nSPS) is 26.1. The molecule has 1 heterocycles. The summed E-state index contributed by atoms with van der Waals surface area (Å²) in [7, 11) is 0. The van der Waals surface area contributed by atoms with Crippen LogP contribution >= 0.6 is 0 Å². The molecule has 2 N–H and O–H groups in total. The molecule has 1 fully saturated rings. The van der Waals surface area contributed by atoms with E-state index < -0.39 is 0 Å². The molecule has 0 radical (unpaired) electrons. The number of likely N-dealkylation sites (N-methyl/N-ethyl adjacent to an activating group) is 1. The minimum Gasteiger partial charge on any atom is -0.351 e. The number of nitrogens with zero attached hydrogens (tertiary/aromatic N) is 1. The van der Waals surface area contributed by atoms with E-state index in [1.54, 1.807) is 0 Å². The molecule has 106 valence electrons. The molecule has 1 aliphatic heterocycles. The van der Waals surface area contributed by atoms with Crippen LogP contribution in [0.5, 0.6) is 0 Å². The van der Waals surface area contributed by atoms with Crippen molar-refractivity contribution >= 4 is 5.91 Å². The number of hydrogen-bond acceptors (Lipinski definition) is 3. The zero-order valence-electron chi connectivity index (χ0n) is 12.4. The van der Waals surface area contributed by atoms with Crippen molar-refractivity contribution in [2.24, 2.45) is 0 Å². The Morgan fingerprint density at radius 2 is 2.06 bits per heavy atom. The van der Waals surface area contributed by atoms with E-state index in [1.807, 2.05) is 6.92 Å². The fourth-order valence-corrected chi connectivity index (χ4v) is 2.55. The lowest BCUT2D eigenvalue weighted by Gasteiger charge is -2.35.